The molecule has 110 valence electrons. The van der Waals surface area contributed by atoms with Crippen LogP contribution in [0.4, 0.5) is 23.8 Å². The zero-order valence-electron chi connectivity index (χ0n) is 10.3. The summed E-state index contributed by atoms with van der Waals surface area (Å²) in [7, 11) is 0. The first-order valence-electron chi connectivity index (χ1n) is 6.01. The van der Waals surface area contributed by atoms with Crippen LogP contribution in [0, 0.1) is 0 Å². The largest absolute Gasteiger partial charge is 0.465 e. The minimum Gasteiger partial charge on any atom is -0.465 e. The number of amides is 1. The Morgan fingerprint density at radius 1 is 1.25 bits per heavy atom. The fourth-order valence-electron chi connectivity index (χ4n) is 2.20. The molecule has 1 heterocycles. The van der Waals surface area contributed by atoms with E-state index >= 15 is 0 Å². The molecule has 20 heavy (non-hydrogen) atoms. The Morgan fingerprint density at radius 2 is 1.95 bits per heavy atom. The van der Waals surface area contributed by atoms with Gasteiger partial charge in [-0.25, -0.2) is 14.8 Å². The second kappa shape index (κ2) is 5.51. The van der Waals surface area contributed by atoms with Crippen LogP contribution in [0.15, 0.2) is 12.4 Å². The fraction of sp³-hybridized carbons (Fsp3) is 0.545. The van der Waals surface area contributed by atoms with Gasteiger partial charge in [0.15, 0.2) is 5.69 Å². The number of rotatable bonds is 3. The SMILES string of the molecule is O=C(O)N[C@H]1CCC[C@@H]1Nc1cnc(C(F)(F)F)cn1. The van der Waals surface area contributed by atoms with Crippen LogP contribution < -0.4 is 10.6 Å². The standard InChI is InChI=1S/C11H13F3N4O2/c12-11(13,14)8-4-16-9(5-15-8)17-6-2-1-3-7(6)18-10(19)20/h4-7,18H,1-3H2,(H,16,17)(H,19,20)/t6-,7-/m0/s1. The summed E-state index contributed by atoms with van der Waals surface area (Å²) in [6.07, 6.45) is -1.77. The number of aromatic nitrogens is 2. The Bertz CT molecular complexity index is 478. The maximum atomic E-state index is 12.3. The number of alkyl halides is 3. The minimum atomic E-state index is -4.52. The van der Waals surface area contributed by atoms with Crippen molar-refractivity contribution in [1.82, 2.24) is 15.3 Å². The van der Waals surface area contributed by atoms with Gasteiger partial charge >= 0.3 is 12.3 Å². The van der Waals surface area contributed by atoms with Crippen molar-refractivity contribution in [3.05, 3.63) is 18.1 Å². The molecule has 0 bridgehead atoms. The van der Waals surface area contributed by atoms with Gasteiger partial charge in [0.1, 0.15) is 5.82 Å². The Kier molecular flexibility index (Phi) is 3.96. The first-order chi connectivity index (χ1) is 9.36. The van der Waals surface area contributed by atoms with Crippen LogP contribution in [0.5, 0.6) is 0 Å². The fourth-order valence-corrected chi connectivity index (χ4v) is 2.20. The minimum absolute atomic E-state index is 0.196. The van der Waals surface area contributed by atoms with E-state index in [-0.39, 0.29) is 17.9 Å². The number of hydrogen-bond donors (Lipinski definition) is 3. The topological polar surface area (TPSA) is 87.1 Å². The summed E-state index contributed by atoms with van der Waals surface area (Å²) in [5.41, 5.74) is -1.06. The van der Waals surface area contributed by atoms with Crippen LogP contribution in [0.3, 0.4) is 0 Å². The van der Waals surface area contributed by atoms with E-state index in [4.69, 9.17) is 5.11 Å². The van der Waals surface area contributed by atoms with Crippen molar-refractivity contribution in [2.45, 2.75) is 37.5 Å². The van der Waals surface area contributed by atoms with Gasteiger partial charge in [-0.3, -0.25) is 0 Å². The molecule has 0 aliphatic heterocycles. The zero-order chi connectivity index (χ0) is 14.8. The number of nitrogens with one attached hydrogen (secondary N) is 2. The van der Waals surface area contributed by atoms with E-state index < -0.39 is 18.0 Å². The summed E-state index contributed by atoms with van der Waals surface area (Å²) in [5, 5.41) is 14.0. The summed E-state index contributed by atoms with van der Waals surface area (Å²) in [4.78, 5) is 17.6. The third kappa shape index (κ3) is 3.49. The summed E-state index contributed by atoms with van der Waals surface area (Å²) in [5.74, 6) is 0.196. The monoisotopic (exact) mass is 290 g/mol. The van der Waals surface area contributed by atoms with E-state index in [2.05, 4.69) is 20.6 Å². The number of anilines is 1. The Hall–Kier alpha value is -2.06. The second-order valence-electron chi connectivity index (χ2n) is 4.52. The van der Waals surface area contributed by atoms with Gasteiger partial charge in [0.05, 0.1) is 18.4 Å². The summed E-state index contributed by atoms with van der Waals surface area (Å²) >= 11 is 0. The Balaban J connectivity index is 2.01. The molecular formula is C11H13F3N4O2. The van der Waals surface area contributed by atoms with Gasteiger partial charge in [-0.05, 0) is 19.3 Å². The highest BCUT2D eigenvalue weighted by molar-refractivity contribution is 5.65. The van der Waals surface area contributed by atoms with Gasteiger partial charge in [0.2, 0.25) is 0 Å². The maximum absolute atomic E-state index is 12.3. The average Bonchev–Trinajstić information content (AvgIpc) is 2.75. The van der Waals surface area contributed by atoms with Gasteiger partial charge in [0.25, 0.3) is 0 Å². The lowest BCUT2D eigenvalue weighted by Crippen LogP contribution is -2.42. The number of halogens is 3. The zero-order valence-corrected chi connectivity index (χ0v) is 10.3. The molecule has 2 rings (SSSR count). The van der Waals surface area contributed by atoms with Crippen LogP contribution in [-0.2, 0) is 6.18 Å². The summed E-state index contributed by atoms with van der Waals surface area (Å²) < 4.78 is 37.0. The molecule has 1 saturated carbocycles. The second-order valence-corrected chi connectivity index (χ2v) is 4.52. The highest BCUT2D eigenvalue weighted by Gasteiger charge is 2.33. The molecule has 0 unspecified atom stereocenters. The van der Waals surface area contributed by atoms with E-state index in [0.29, 0.717) is 19.0 Å². The summed E-state index contributed by atoms with van der Waals surface area (Å²) in [6, 6.07) is -0.478. The number of carbonyl (C=O) groups is 1. The lowest BCUT2D eigenvalue weighted by atomic mass is 10.2. The van der Waals surface area contributed by atoms with Gasteiger partial charge < -0.3 is 15.7 Å². The van der Waals surface area contributed by atoms with Crippen LogP contribution in [0.25, 0.3) is 0 Å². The molecule has 2 atom stereocenters. The van der Waals surface area contributed by atoms with Gasteiger partial charge in [-0.15, -0.1) is 0 Å². The molecular weight excluding hydrogens is 277 g/mol. The quantitative estimate of drug-likeness (QED) is 0.793. The number of hydrogen-bond acceptors (Lipinski definition) is 4. The predicted octanol–water partition coefficient (Wildman–Crippen LogP) is 2.10. The van der Waals surface area contributed by atoms with Gasteiger partial charge in [0, 0.05) is 6.04 Å². The van der Waals surface area contributed by atoms with Gasteiger partial charge in [-0.2, -0.15) is 13.2 Å². The van der Waals surface area contributed by atoms with Crippen molar-refractivity contribution in [3.63, 3.8) is 0 Å². The van der Waals surface area contributed by atoms with Crippen molar-refractivity contribution in [3.8, 4) is 0 Å². The third-order valence-electron chi connectivity index (χ3n) is 3.10. The number of nitrogens with zero attached hydrogens (tertiary/aromatic N) is 2. The molecule has 1 amide bonds. The molecule has 0 radical (unpaired) electrons. The predicted molar refractivity (Wildman–Crippen MR) is 63.2 cm³/mol. The molecule has 6 nitrogen and oxygen atoms in total. The van der Waals surface area contributed by atoms with E-state index in [1.165, 1.54) is 0 Å². The first kappa shape index (κ1) is 14.4. The molecule has 1 aliphatic carbocycles. The third-order valence-corrected chi connectivity index (χ3v) is 3.10. The van der Waals surface area contributed by atoms with Crippen molar-refractivity contribution in [2.75, 3.05) is 5.32 Å². The summed E-state index contributed by atoms with van der Waals surface area (Å²) in [6.45, 7) is 0. The molecule has 1 fully saturated rings. The lowest BCUT2D eigenvalue weighted by Gasteiger charge is -2.21. The van der Waals surface area contributed by atoms with E-state index in [0.717, 1.165) is 12.6 Å². The Labute approximate surface area is 112 Å². The van der Waals surface area contributed by atoms with E-state index in [9.17, 15) is 18.0 Å². The van der Waals surface area contributed by atoms with Crippen LogP contribution in [-0.4, -0.2) is 33.3 Å². The van der Waals surface area contributed by atoms with Crippen LogP contribution in [0.1, 0.15) is 25.0 Å². The van der Waals surface area contributed by atoms with Crippen molar-refractivity contribution in [2.24, 2.45) is 0 Å². The van der Waals surface area contributed by atoms with E-state index in [1.807, 2.05) is 0 Å². The first-order valence-corrected chi connectivity index (χ1v) is 6.01. The Morgan fingerprint density at radius 3 is 2.50 bits per heavy atom. The molecule has 0 saturated heterocycles. The molecule has 9 heteroatoms. The highest BCUT2D eigenvalue weighted by atomic mass is 19.4. The maximum Gasteiger partial charge on any atom is 0.434 e. The normalized spacial score (nSPS) is 22.6. The average molecular weight is 290 g/mol. The molecule has 1 aromatic rings. The molecule has 3 N–H and O–H groups in total. The highest BCUT2D eigenvalue weighted by Crippen LogP contribution is 2.27. The van der Waals surface area contributed by atoms with Gasteiger partial charge in [-0.1, -0.05) is 0 Å². The molecule has 1 aliphatic rings. The van der Waals surface area contributed by atoms with Crippen LogP contribution >= 0.6 is 0 Å². The molecule has 0 spiro atoms. The van der Waals surface area contributed by atoms with Crippen molar-refractivity contribution in [1.29, 1.82) is 0 Å². The lowest BCUT2D eigenvalue weighted by molar-refractivity contribution is -0.141. The van der Waals surface area contributed by atoms with Crippen molar-refractivity contribution >= 4 is 11.9 Å². The van der Waals surface area contributed by atoms with E-state index in [1.54, 1.807) is 0 Å². The van der Waals surface area contributed by atoms with Crippen LogP contribution in [0.2, 0.25) is 0 Å². The molecule has 0 aromatic carbocycles. The molecule has 1 aromatic heterocycles. The smallest absolute Gasteiger partial charge is 0.434 e. The number of carboxylic acid groups (broad SMARTS) is 1. The van der Waals surface area contributed by atoms with Crippen molar-refractivity contribution < 1.29 is 23.1 Å².